The van der Waals surface area contributed by atoms with E-state index in [1.165, 1.54) is 6.08 Å². The summed E-state index contributed by atoms with van der Waals surface area (Å²) in [7, 11) is 0. The molecule has 0 unspecified atom stereocenters. The SMILES string of the molecule is CCCOc1ccc(/C=C2\C(=O)NC(=O)N(c3ccccc3C)C2=O)cc1OCC. The summed E-state index contributed by atoms with van der Waals surface area (Å²) in [5.41, 5.74) is 1.62. The van der Waals surface area contributed by atoms with E-state index in [0.717, 1.165) is 16.9 Å². The second-order valence-electron chi connectivity index (χ2n) is 6.73. The molecule has 3 rings (SSSR count). The van der Waals surface area contributed by atoms with Crippen molar-refractivity contribution in [3.05, 3.63) is 59.2 Å². The van der Waals surface area contributed by atoms with Crippen molar-refractivity contribution in [3.63, 3.8) is 0 Å². The fourth-order valence-electron chi connectivity index (χ4n) is 3.07. The molecule has 7 heteroatoms. The number of carbonyl (C=O) groups is 3. The van der Waals surface area contributed by atoms with Crippen molar-refractivity contribution in [2.45, 2.75) is 27.2 Å². The molecule has 2 aromatic carbocycles. The third-order valence-corrected chi connectivity index (χ3v) is 4.50. The van der Waals surface area contributed by atoms with Crippen LogP contribution in [0.5, 0.6) is 11.5 Å². The number of rotatable bonds is 7. The highest BCUT2D eigenvalue weighted by atomic mass is 16.5. The highest BCUT2D eigenvalue weighted by Crippen LogP contribution is 2.30. The third kappa shape index (κ3) is 4.35. The molecule has 0 bridgehead atoms. The van der Waals surface area contributed by atoms with Gasteiger partial charge < -0.3 is 9.47 Å². The van der Waals surface area contributed by atoms with Crippen LogP contribution in [0.3, 0.4) is 0 Å². The molecular weight excluding hydrogens is 384 g/mol. The van der Waals surface area contributed by atoms with Crippen molar-refractivity contribution in [2.75, 3.05) is 18.1 Å². The van der Waals surface area contributed by atoms with Crippen molar-refractivity contribution in [1.29, 1.82) is 0 Å². The number of barbiturate groups is 1. The Morgan fingerprint density at radius 2 is 1.77 bits per heavy atom. The van der Waals surface area contributed by atoms with E-state index in [2.05, 4.69) is 5.32 Å². The Kier molecular flexibility index (Phi) is 6.51. The number of ether oxygens (including phenoxy) is 2. The van der Waals surface area contributed by atoms with Gasteiger partial charge in [-0.25, -0.2) is 9.69 Å². The molecule has 1 aliphatic rings. The molecule has 0 radical (unpaired) electrons. The van der Waals surface area contributed by atoms with Crippen molar-refractivity contribution in [3.8, 4) is 11.5 Å². The fourth-order valence-corrected chi connectivity index (χ4v) is 3.07. The Morgan fingerprint density at radius 3 is 2.47 bits per heavy atom. The maximum atomic E-state index is 13.0. The van der Waals surface area contributed by atoms with Gasteiger partial charge in [-0.15, -0.1) is 0 Å². The Hall–Kier alpha value is -3.61. The van der Waals surface area contributed by atoms with E-state index in [1.54, 1.807) is 43.3 Å². The average molecular weight is 408 g/mol. The molecule has 30 heavy (non-hydrogen) atoms. The third-order valence-electron chi connectivity index (χ3n) is 4.50. The molecule has 0 spiro atoms. The lowest BCUT2D eigenvalue weighted by molar-refractivity contribution is -0.122. The molecular formula is C23H24N2O5. The highest BCUT2D eigenvalue weighted by molar-refractivity contribution is 6.39. The summed E-state index contributed by atoms with van der Waals surface area (Å²) < 4.78 is 11.3. The summed E-state index contributed by atoms with van der Waals surface area (Å²) in [6, 6.07) is 11.4. The maximum Gasteiger partial charge on any atom is 0.335 e. The van der Waals surface area contributed by atoms with Gasteiger partial charge in [0, 0.05) is 0 Å². The summed E-state index contributed by atoms with van der Waals surface area (Å²) in [6.45, 7) is 6.65. The summed E-state index contributed by atoms with van der Waals surface area (Å²) >= 11 is 0. The molecule has 1 heterocycles. The Labute approximate surface area is 175 Å². The van der Waals surface area contributed by atoms with Crippen LogP contribution in [-0.4, -0.2) is 31.1 Å². The van der Waals surface area contributed by atoms with Gasteiger partial charge in [0.15, 0.2) is 11.5 Å². The Morgan fingerprint density at radius 1 is 1.00 bits per heavy atom. The van der Waals surface area contributed by atoms with E-state index in [4.69, 9.17) is 9.47 Å². The lowest BCUT2D eigenvalue weighted by atomic mass is 10.1. The predicted molar refractivity (Wildman–Crippen MR) is 114 cm³/mol. The molecule has 0 atom stereocenters. The van der Waals surface area contributed by atoms with Gasteiger partial charge in [0.05, 0.1) is 18.9 Å². The second-order valence-corrected chi connectivity index (χ2v) is 6.73. The molecule has 4 amide bonds. The average Bonchev–Trinajstić information content (AvgIpc) is 2.72. The first-order valence-electron chi connectivity index (χ1n) is 9.83. The van der Waals surface area contributed by atoms with E-state index >= 15 is 0 Å². The van der Waals surface area contributed by atoms with E-state index < -0.39 is 17.8 Å². The number of hydrogen-bond acceptors (Lipinski definition) is 5. The number of urea groups is 1. The van der Waals surface area contributed by atoms with Gasteiger partial charge >= 0.3 is 6.03 Å². The molecule has 7 nitrogen and oxygen atoms in total. The Bertz CT molecular complexity index is 1010. The van der Waals surface area contributed by atoms with Gasteiger partial charge in [-0.2, -0.15) is 0 Å². The number of nitrogens with one attached hydrogen (secondary N) is 1. The summed E-state index contributed by atoms with van der Waals surface area (Å²) in [5, 5.41) is 2.24. The predicted octanol–water partition coefficient (Wildman–Crippen LogP) is 3.85. The van der Waals surface area contributed by atoms with Crippen molar-refractivity contribution in [1.82, 2.24) is 5.32 Å². The number of benzene rings is 2. The first kappa shape index (κ1) is 21.1. The van der Waals surface area contributed by atoms with E-state index in [0.29, 0.717) is 36.0 Å². The van der Waals surface area contributed by atoms with Gasteiger partial charge in [0.2, 0.25) is 0 Å². The summed E-state index contributed by atoms with van der Waals surface area (Å²) in [4.78, 5) is 38.8. The number of amides is 4. The number of anilines is 1. The molecule has 1 aliphatic heterocycles. The van der Waals surface area contributed by atoms with E-state index in [9.17, 15) is 14.4 Å². The van der Waals surface area contributed by atoms with Crippen LogP contribution in [0, 0.1) is 6.92 Å². The zero-order valence-electron chi connectivity index (χ0n) is 17.2. The van der Waals surface area contributed by atoms with Crippen LogP contribution >= 0.6 is 0 Å². The van der Waals surface area contributed by atoms with E-state index in [1.807, 2.05) is 19.9 Å². The normalized spacial score (nSPS) is 15.4. The van der Waals surface area contributed by atoms with Crippen molar-refractivity contribution in [2.24, 2.45) is 0 Å². The lowest BCUT2D eigenvalue weighted by Crippen LogP contribution is -2.54. The van der Waals surface area contributed by atoms with Crippen LogP contribution < -0.4 is 19.7 Å². The smallest absolute Gasteiger partial charge is 0.335 e. The van der Waals surface area contributed by atoms with Crippen LogP contribution in [0.1, 0.15) is 31.4 Å². The standard InChI is InChI=1S/C23H24N2O5/c1-4-12-30-19-11-10-16(14-20(19)29-5-2)13-17-21(26)24-23(28)25(22(17)27)18-9-7-6-8-15(18)3/h6-11,13-14H,4-5,12H2,1-3H3,(H,24,26,28)/b17-13+. The van der Waals surface area contributed by atoms with Crippen LogP contribution in [0.4, 0.5) is 10.5 Å². The van der Waals surface area contributed by atoms with Crippen LogP contribution in [0.15, 0.2) is 48.0 Å². The topological polar surface area (TPSA) is 84.9 Å². The van der Waals surface area contributed by atoms with Gasteiger partial charge in [-0.3, -0.25) is 14.9 Å². The van der Waals surface area contributed by atoms with Crippen LogP contribution in [0.25, 0.3) is 6.08 Å². The van der Waals surface area contributed by atoms with Crippen molar-refractivity contribution >= 4 is 29.6 Å². The highest BCUT2D eigenvalue weighted by Gasteiger charge is 2.37. The number of hydrogen-bond donors (Lipinski definition) is 1. The lowest BCUT2D eigenvalue weighted by Gasteiger charge is -2.27. The number of carbonyl (C=O) groups excluding carboxylic acids is 3. The number of aryl methyl sites for hydroxylation is 1. The monoisotopic (exact) mass is 408 g/mol. The van der Waals surface area contributed by atoms with Gasteiger partial charge in [0.1, 0.15) is 5.57 Å². The first-order valence-corrected chi connectivity index (χ1v) is 9.83. The molecule has 0 aromatic heterocycles. The van der Waals surface area contributed by atoms with Crippen molar-refractivity contribution < 1.29 is 23.9 Å². The fraction of sp³-hybridized carbons (Fsp3) is 0.261. The summed E-state index contributed by atoms with van der Waals surface area (Å²) in [6.07, 6.45) is 2.30. The largest absolute Gasteiger partial charge is 0.490 e. The zero-order chi connectivity index (χ0) is 21.7. The molecule has 1 saturated heterocycles. The van der Waals surface area contributed by atoms with Gasteiger partial charge in [0.25, 0.3) is 11.8 Å². The number of para-hydroxylation sites is 1. The molecule has 2 aromatic rings. The molecule has 1 fully saturated rings. The Balaban J connectivity index is 1.98. The summed E-state index contributed by atoms with van der Waals surface area (Å²) in [5.74, 6) is -0.297. The minimum atomic E-state index is -0.769. The molecule has 0 saturated carbocycles. The molecule has 0 aliphatic carbocycles. The molecule has 1 N–H and O–H groups in total. The van der Waals surface area contributed by atoms with Gasteiger partial charge in [-0.1, -0.05) is 31.2 Å². The van der Waals surface area contributed by atoms with Crippen LogP contribution in [0.2, 0.25) is 0 Å². The minimum Gasteiger partial charge on any atom is -0.490 e. The number of imide groups is 2. The number of nitrogens with zero attached hydrogens (tertiary/aromatic N) is 1. The maximum absolute atomic E-state index is 13.0. The van der Waals surface area contributed by atoms with Gasteiger partial charge in [-0.05, 0) is 55.7 Å². The second kappa shape index (κ2) is 9.26. The molecule has 156 valence electrons. The minimum absolute atomic E-state index is 0.137. The van der Waals surface area contributed by atoms with Crippen LogP contribution in [-0.2, 0) is 9.59 Å². The quantitative estimate of drug-likeness (QED) is 0.556. The van der Waals surface area contributed by atoms with E-state index in [-0.39, 0.29) is 5.57 Å². The first-order chi connectivity index (χ1) is 14.5. The zero-order valence-corrected chi connectivity index (χ0v) is 17.2.